The van der Waals surface area contributed by atoms with Crippen molar-refractivity contribution < 1.29 is 9.50 Å². The van der Waals surface area contributed by atoms with Gasteiger partial charge in [0.1, 0.15) is 5.82 Å². The van der Waals surface area contributed by atoms with Crippen LogP contribution in [0.4, 0.5) is 4.39 Å². The lowest BCUT2D eigenvalue weighted by atomic mass is 10.1. The Hall–Kier alpha value is -0.580. The van der Waals surface area contributed by atoms with E-state index in [1.807, 2.05) is 26.2 Å². The topological polar surface area (TPSA) is 32.3 Å². The average molecular weight is 257 g/mol. The highest BCUT2D eigenvalue weighted by atomic mass is 32.2. The molecule has 0 spiro atoms. The molecule has 1 rings (SSSR count). The minimum atomic E-state index is -0.181. The van der Waals surface area contributed by atoms with E-state index in [-0.39, 0.29) is 23.7 Å². The van der Waals surface area contributed by atoms with Gasteiger partial charge < -0.3 is 10.4 Å². The highest BCUT2D eigenvalue weighted by Gasteiger charge is 2.14. The molecule has 0 saturated carbocycles. The Morgan fingerprint density at radius 2 is 2.18 bits per heavy atom. The van der Waals surface area contributed by atoms with E-state index in [1.54, 1.807) is 17.8 Å². The molecule has 96 valence electrons. The monoisotopic (exact) mass is 257 g/mol. The summed E-state index contributed by atoms with van der Waals surface area (Å²) in [7, 11) is 0. The maximum atomic E-state index is 13.5. The predicted octanol–water partition coefficient (Wildman–Crippen LogP) is 2.34. The molecule has 0 aromatic heterocycles. The van der Waals surface area contributed by atoms with Crippen LogP contribution < -0.4 is 5.32 Å². The molecule has 0 aliphatic rings. The van der Waals surface area contributed by atoms with Crippen molar-refractivity contribution in [1.82, 2.24) is 5.32 Å². The van der Waals surface area contributed by atoms with Gasteiger partial charge in [-0.2, -0.15) is 11.8 Å². The molecule has 2 atom stereocenters. The maximum absolute atomic E-state index is 13.5. The molecule has 0 saturated heterocycles. The second kappa shape index (κ2) is 6.99. The first-order valence-corrected chi connectivity index (χ1v) is 6.99. The summed E-state index contributed by atoms with van der Waals surface area (Å²) in [4.78, 5) is 0. The van der Waals surface area contributed by atoms with Crippen molar-refractivity contribution in [1.29, 1.82) is 0 Å². The zero-order valence-corrected chi connectivity index (χ0v) is 11.4. The lowest BCUT2D eigenvalue weighted by Crippen LogP contribution is -2.37. The van der Waals surface area contributed by atoms with Gasteiger partial charge in [-0.1, -0.05) is 17.7 Å². The second-order valence-electron chi connectivity index (χ2n) is 4.22. The molecule has 0 aliphatic heterocycles. The van der Waals surface area contributed by atoms with Crippen LogP contribution in [0.1, 0.15) is 18.1 Å². The van der Waals surface area contributed by atoms with Gasteiger partial charge in [0.15, 0.2) is 0 Å². The summed E-state index contributed by atoms with van der Waals surface area (Å²) in [6.07, 6.45) is 1.96. The number of halogens is 1. The minimum Gasteiger partial charge on any atom is -0.395 e. The van der Waals surface area contributed by atoms with Crippen LogP contribution in [0, 0.1) is 12.7 Å². The molecule has 0 fully saturated rings. The van der Waals surface area contributed by atoms with E-state index in [9.17, 15) is 4.39 Å². The smallest absolute Gasteiger partial charge is 0.127 e. The summed E-state index contributed by atoms with van der Waals surface area (Å²) in [5.41, 5.74) is 1.73. The zero-order chi connectivity index (χ0) is 12.8. The van der Waals surface area contributed by atoms with Gasteiger partial charge in [-0.3, -0.25) is 0 Å². The summed E-state index contributed by atoms with van der Waals surface area (Å²) in [5, 5.41) is 12.5. The third-order valence-electron chi connectivity index (χ3n) is 2.86. The molecule has 2 N–H and O–H groups in total. The molecule has 4 heteroatoms. The first-order valence-electron chi connectivity index (χ1n) is 5.70. The first-order chi connectivity index (χ1) is 8.08. The summed E-state index contributed by atoms with van der Waals surface area (Å²) < 4.78 is 13.5. The SMILES string of the molecule is CSC(CO)C(C)NCc1cc(C)ccc1F. The Balaban J connectivity index is 2.57. The average Bonchev–Trinajstić information content (AvgIpc) is 2.32. The van der Waals surface area contributed by atoms with Crippen molar-refractivity contribution in [2.45, 2.75) is 31.7 Å². The number of hydrogen-bond acceptors (Lipinski definition) is 3. The van der Waals surface area contributed by atoms with E-state index in [0.717, 1.165) is 5.56 Å². The van der Waals surface area contributed by atoms with Gasteiger partial charge in [0.25, 0.3) is 0 Å². The largest absolute Gasteiger partial charge is 0.395 e. The van der Waals surface area contributed by atoms with Gasteiger partial charge in [0.05, 0.1) is 6.61 Å². The fourth-order valence-corrected chi connectivity index (χ4v) is 2.33. The van der Waals surface area contributed by atoms with Crippen LogP contribution in [0.3, 0.4) is 0 Å². The summed E-state index contributed by atoms with van der Waals surface area (Å²) in [5.74, 6) is -0.181. The number of hydrogen-bond donors (Lipinski definition) is 2. The standard InChI is InChI=1S/C13H20FNOS/c1-9-4-5-12(14)11(6-9)7-15-10(2)13(8-16)17-3/h4-6,10,13,15-16H,7-8H2,1-3H3. The molecule has 0 radical (unpaired) electrons. The lowest BCUT2D eigenvalue weighted by molar-refractivity contribution is 0.275. The number of rotatable bonds is 6. The van der Waals surface area contributed by atoms with E-state index in [2.05, 4.69) is 5.32 Å². The van der Waals surface area contributed by atoms with Crippen molar-refractivity contribution in [2.75, 3.05) is 12.9 Å². The zero-order valence-electron chi connectivity index (χ0n) is 10.5. The fourth-order valence-electron chi connectivity index (χ4n) is 1.68. The van der Waals surface area contributed by atoms with Crippen molar-refractivity contribution in [3.63, 3.8) is 0 Å². The van der Waals surface area contributed by atoms with Gasteiger partial charge in [-0.25, -0.2) is 4.39 Å². The van der Waals surface area contributed by atoms with Crippen LogP contribution in [0.25, 0.3) is 0 Å². The predicted molar refractivity (Wildman–Crippen MR) is 71.8 cm³/mol. The third-order valence-corrected chi connectivity index (χ3v) is 4.02. The van der Waals surface area contributed by atoms with Crippen LogP contribution >= 0.6 is 11.8 Å². The van der Waals surface area contributed by atoms with Crippen molar-refractivity contribution >= 4 is 11.8 Å². The molecule has 1 aromatic carbocycles. The van der Waals surface area contributed by atoms with Crippen molar-refractivity contribution in [3.05, 3.63) is 35.1 Å². The first kappa shape index (κ1) is 14.5. The van der Waals surface area contributed by atoms with E-state index in [4.69, 9.17) is 5.11 Å². The van der Waals surface area contributed by atoms with E-state index in [0.29, 0.717) is 12.1 Å². The number of thioether (sulfide) groups is 1. The number of aryl methyl sites for hydroxylation is 1. The number of nitrogens with one attached hydrogen (secondary N) is 1. The third kappa shape index (κ3) is 4.30. The van der Waals surface area contributed by atoms with Crippen LogP contribution in [-0.4, -0.2) is 29.3 Å². The van der Waals surface area contributed by atoms with Crippen molar-refractivity contribution in [3.8, 4) is 0 Å². The van der Waals surface area contributed by atoms with E-state index in [1.165, 1.54) is 6.07 Å². The van der Waals surface area contributed by atoms with Crippen LogP contribution in [0.15, 0.2) is 18.2 Å². The molecule has 2 unspecified atom stereocenters. The summed E-state index contributed by atoms with van der Waals surface area (Å²) in [6.45, 7) is 4.58. The summed E-state index contributed by atoms with van der Waals surface area (Å²) in [6, 6.07) is 5.26. The normalized spacial score (nSPS) is 14.6. The minimum absolute atomic E-state index is 0.131. The molecular formula is C13H20FNOS. The molecule has 0 aliphatic carbocycles. The van der Waals surface area contributed by atoms with Crippen LogP contribution in [0.5, 0.6) is 0 Å². The maximum Gasteiger partial charge on any atom is 0.127 e. The second-order valence-corrected chi connectivity index (χ2v) is 5.30. The Labute approximate surface area is 107 Å². The molecule has 2 nitrogen and oxygen atoms in total. The number of aliphatic hydroxyl groups excluding tert-OH is 1. The highest BCUT2D eigenvalue weighted by molar-refractivity contribution is 7.99. The number of aliphatic hydroxyl groups is 1. The quantitative estimate of drug-likeness (QED) is 0.820. The van der Waals surface area contributed by atoms with Gasteiger partial charge in [0, 0.05) is 23.4 Å². The molecule has 0 heterocycles. The Kier molecular flexibility index (Phi) is 5.95. The van der Waals surface area contributed by atoms with Crippen molar-refractivity contribution in [2.24, 2.45) is 0 Å². The van der Waals surface area contributed by atoms with Crippen LogP contribution in [-0.2, 0) is 6.54 Å². The fraction of sp³-hybridized carbons (Fsp3) is 0.538. The summed E-state index contributed by atoms with van der Waals surface area (Å²) >= 11 is 1.61. The number of benzene rings is 1. The molecule has 0 bridgehead atoms. The van der Waals surface area contributed by atoms with Crippen LogP contribution in [0.2, 0.25) is 0 Å². The molecule has 1 aromatic rings. The molecular weight excluding hydrogens is 237 g/mol. The van der Waals surface area contributed by atoms with Gasteiger partial charge in [0.2, 0.25) is 0 Å². The molecule has 0 amide bonds. The van der Waals surface area contributed by atoms with Gasteiger partial charge >= 0.3 is 0 Å². The Morgan fingerprint density at radius 1 is 1.47 bits per heavy atom. The van der Waals surface area contributed by atoms with Gasteiger partial charge in [-0.15, -0.1) is 0 Å². The van der Waals surface area contributed by atoms with E-state index >= 15 is 0 Å². The lowest BCUT2D eigenvalue weighted by Gasteiger charge is -2.21. The Morgan fingerprint density at radius 3 is 2.76 bits per heavy atom. The van der Waals surface area contributed by atoms with Gasteiger partial charge in [-0.05, 0) is 26.2 Å². The Bertz CT molecular complexity index is 355. The highest BCUT2D eigenvalue weighted by Crippen LogP contribution is 2.13. The van der Waals surface area contributed by atoms with E-state index < -0.39 is 0 Å². The molecule has 17 heavy (non-hydrogen) atoms.